The fraction of sp³-hybridized carbons (Fsp3) is 1.00. The Balaban J connectivity index is 2.00. The molecule has 0 radical (unpaired) electrons. The molecule has 0 spiro atoms. The molecular weight excluding hydrogens is 188 g/mol. The molecule has 0 saturated heterocycles. The molecule has 0 aliphatic heterocycles. The summed E-state index contributed by atoms with van der Waals surface area (Å²) < 4.78 is 0. The van der Waals surface area contributed by atoms with Gasteiger partial charge in [0.2, 0.25) is 0 Å². The van der Waals surface area contributed by atoms with Gasteiger partial charge in [-0.3, -0.25) is 0 Å². The van der Waals surface area contributed by atoms with E-state index in [1.54, 1.807) is 0 Å². The highest BCUT2D eigenvalue weighted by Crippen LogP contribution is 2.67. The summed E-state index contributed by atoms with van der Waals surface area (Å²) in [5, 5.41) is 20.7. The van der Waals surface area contributed by atoms with Crippen LogP contribution in [-0.4, -0.2) is 21.9 Å². The van der Waals surface area contributed by atoms with Crippen LogP contribution in [-0.2, 0) is 0 Å². The normalized spacial score (nSPS) is 56.8. The Morgan fingerprint density at radius 1 is 1.07 bits per heavy atom. The predicted molar refractivity (Wildman–Crippen MR) is 58.3 cm³/mol. The van der Waals surface area contributed by atoms with E-state index in [1.807, 2.05) is 0 Å². The lowest BCUT2D eigenvalue weighted by molar-refractivity contribution is -0.277. The lowest BCUT2D eigenvalue weighted by atomic mass is 9.42. The summed E-state index contributed by atoms with van der Waals surface area (Å²) in [6, 6.07) is 0. The van der Waals surface area contributed by atoms with Crippen LogP contribution in [0, 0.1) is 23.2 Å². The van der Waals surface area contributed by atoms with E-state index < -0.39 is 5.60 Å². The average molecular weight is 210 g/mol. The van der Waals surface area contributed by atoms with Gasteiger partial charge in [-0.15, -0.1) is 0 Å². The third kappa shape index (κ3) is 1.07. The lowest BCUT2D eigenvalue weighted by Gasteiger charge is -2.66. The zero-order valence-corrected chi connectivity index (χ0v) is 9.74. The van der Waals surface area contributed by atoms with E-state index in [1.165, 1.54) is 6.42 Å². The van der Waals surface area contributed by atoms with Crippen LogP contribution in [0.4, 0.5) is 0 Å². The number of fused-ring (bicyclic) bond motifs is 1. The van der Waals surface area contributed by atoms with Crippen LogP contribution in [0.1, 0.15) is 46.0 Å². The Hall–Kier alpha value is -0.0800. The van der Waals surface area contributed by atoms with Crippen molar-refractivity contribution in [1.82, 2.24) is 0 Å². The molecule has 2 nitrogen and oxygen atoms in total. The van der Waals surface area contributed by atoms with Crippen LogP contribution < -0.4 is 0 Å². The summed E-state index contributed by atoms with van der Waals surface area (Å²) in [7, 11) is 0. The van der Waals surface area contributed by atoms with Gasteiger partial charge in [-0.25, -0.2) is 0 Å². The summed E-state index contributed by atoms with van der Waals surface area (Å²) in [6.07, 6.45) is 4.94. The molecule has 0 aromatic heterocycles. The van der Waals surface area contributed by atoms with Crippen molar-refractivity contribution >= 4 is 0 Å². The number of aliphatic hydroxyl groups excluding tert-OH is 1. The van der Waals surface area contributed by atoms with Gasteiger partial charge in [0.25, 0.3) is 0 Å². The van der Waals surface area contributed by atoms with Gasteiger partial charge < -0.3 is 10.2 Å². The molecule has 0 aromatic carbocycles. The molecule has 3 rings (SSSR count). The molecule has 0 amide bonds. The Bertz CT molecular complexity index is 286. The van der Waals surface area contributed by atoms with Gasteiger partial charge in [-0.2, -0.15) is 0 Å². The number of hydrogen-bond acceptors (Lipinski definition) is 2. The van der Waals surface area contributed by atoms with Crippen molar-refractivity contribution in [3.63, 3.8) is 0 Å². The third-order valence-electron chi connectivity index (χ3n) is 5.53. The maximum absolute atomic E-state index is 10.6. The number of aliphatic hydroxyl groups is 2. The monoisotopic (exact) mass is 210 g/mol. The Labute approximate surface area is 91.7 Å². The van der Waals surface area contributed by atoms with E-state index in [2.05, 4.69) is 13.8 Å². The van der Waals surface area contributed by atoms with Crippen LogP contribution in [0.2, 0.25) is 0 Å². The standard InChI is InChI=1S/C13H22O2/c1-12(2)6-3-7-13(15)8-4-5-9(14)11(13)10(8)12/h8-11,14-15H,3-7H2,1-2H3/t8-,9-,10-,11+,13-/m0/s1. The zero-order chi connectivity index (χ0) is 10.8. The van der Waals surface area contributed by atoms with E-state index in [0.717, 1.165) is 25.7 Å². The second-order valence-corrected chi connectivity index (χ2v) is 6.64. The summed E-state index contributed by atoms with van der Waals surface area (Å²) in [4.78, 5) is 0. The van der Waals surface area contributed by atoms with Crippen LogP contribution in [0.3, 0.4) is 0 Å². The van der Waals surface area contributed by atoms with Crippen LogP contribution in [0.5, 0.6) is 0 Å². The van der Waals surface area contributed by atoms with E-state index in [9.17, 15) is 10.2 Å². The van der Waals surface area contributed by atoms with Gasteiger partial charge in [-0.05, 0) is 42.9 Å². The molecule has 3 aliphatic rings. The fourth-order valence-electron chi connectivity index (χ4n) is 4.91. The Morgan fingerprint density at radius 3 is 2.47 bits per heavy atom. The third-order valence-corrected chi connectivity index (χ3v) is 5.53. The van der Waals surface area contributed by atoms with Gasteiger partial charge in [0, 0.05) is 5.92 Å². The minimum absolute atomic E-state index is 0.175. The summed E-state index contributed by atoms with van der Waals surface area (Å²) in [5.74, 6) is 1.21. The molecule has 5 atom stereocenters. The molecule has 3 saturated carbocycles. The summed E-state index contributed by atoms with van der Waals surface area (Å²) in [6.45, 7) is 4.64. The van der Waals surface area contributed by atoms with Crippen LogP contribution in [0.25, 0.3) is 0 Å². The van der Waals surface area contributed by atoms with E-state index >= 15 is 0 Å². The Kier molecular flexibility index (Phi) is 1.87. The minimum Gasteiger partial charge on any atom is -0.393 e. The highest BCUT2D eigenvalue weighted by atomic mass is 16.3. The van der Waals surface area contributed by atoms with Crippen molar-refractivity contribution in [2.75, 3.05) is 0 Å². The van der Waals surface area contributed by atoms with Crippen molar-refractivity contribution in [1.29, 1.82) is 0 Å². The maximum Gasteiger partial charge on any atom is 0.0734 e. The van der Waals surface area contributed by atoms with Gasteiger partial charge >= 0.3 is 0 Å². The molecule has 15 heavy (non-hydrogen) atoms. The van der Waals surface area contributed by atoms with E-state index in [4.69, 9.17) is 0 Å². The fourth-order valence-corrected chi connectivity index (χ4v) is 4.91. The van der Waals surface area contributed by atoms with Crippen LogP contribution in [0.15, 0.2) is 0 Å². The molecule has 0 aromatic rings. The van der Waals surface area contributed by atoms with Gasteiger partial charge in [0.15, 0.2) is 0 Å². The molecular formula is C13H22O2. The smallest absolute Gasteiger partial charge is 0.0734 e. The first-order chi connectivity index (χ1) is 6.97. The summed E-state index contributed by atoms with van der Waals surface area (Å²) >= 11 is 0. The maximum atomic E-state index is 10.6. The Morgan fingerprint density at radius 2 is 1.80 bits per heavy atom. The van der Waals surface area contributed by atoms with Gasteiger partial charge in [-0.1, -0.05) is 20.3 Å². The highest BCUT2D eigenvalue weighted by molar-refractivity contribution is 5.18. The number of hydrogen-bond donors (Lipinski definition) is 2. The average Bonchev–Trinajstić information content (AvgIpc) is 2.30. The first-order valence-corrected chi connectivity index (χ1v) is 6.37. The summed E-state index contributed by atoms with van der Waals surface area (Å²) in [5.41, 5.74) is -0.185. The van der Waals surface area contributed by atoms with Crippen molar-refractivity contribution in [2.45, 2.75) is 57.7 Å². The molecule has 2 N–H and O–H groups in total. The zero-order valence-electron chi connectivity index (χ0n) is 9.74. The van der Waals surface area contributed by atoms with E-state index in [-0.39, 0.29) is 12.0 Å². The molecule has 86 valence electrons. The van der Waals surface area contributed by atoms with Crippen molar-refractivity contribution in [3.05, 3.63) is 0 Å². The second-order valence-electron chi connectivity index (χ2n) is 6.64. The molecule has 2 heteroatoms. The van der Waals surface area contributed by atoms with Crippen molar-refractivity contribution in [2.24, 2.45) is 23.2 Å². The van der Waals surface area contributed by atoms with E-state index in [0.29, 0.717) is 17.3 Å². The molecule has 3 aliphatic carbocycles. The first kappa shape index (κ1) is 10.1. The van der Waals surface area contributed by atoms with Gasteiger partial charge in [0.1, 0.15) is 0 Å². The van der Waals surface area contributed by atoms with Crippen molar-refractivity contribution in [3.8, 4) is 0 Å². The predicted octanol–water partition coefficient (Wildman–Crippen LogP) is 1.94. The number of rotatable bonds is 0. The molecule has 0 unspecified atom stereocenters. The van der Waals surface area contributed by atoms with Crippen LogP contribution >= 0.6 is 0 Å². The molecule has 3 fully saturated rings. The quantitative estimate of drug-likeness (QED) is 0.641. The first-order valence-electron chi connectivity index (χ1n) is 6.37. The largest absolute Gasteiger partial charge is 0.393 e. The molecule has 0 heterocycles. The second kappa shape index (κ2) is 2.78. The minimum atomic E-state index is -0.504. The van der Waals surface area contributed by atoms with Gasteiger partial charge in [0.05, 0.1) is 11.7 Å². The topological polar surface area (TPSA) is 40.5 Å². The molecule has 4 bridgehead atoms. The lowest BCUT2D eigenvalue weighted by Crippen LogP contribution is -2.70. The SMILES string of the molecule is CC1(C)CCC[C@@]2(O)[C@H]3[C@@H]1[C@@H]2CC[C@@H]3O. The highest BCUT2D eigenvalue weighted by Gasteiger charge is 2.69. The van der Waals surface area contributed by atoms with Crippen molar-refractivity contribution < 1.29 is 10.2 Å².